The van der Waals surface area contributed by atoms with Crippen molar-refractivity contribution in [3.05, 3.63) is 57.9 Å². The number of hydrogen-bond acceptors (Lipinski definition) is 4. The summed E-state index contributed by atoms with van der Waals surface area (Å²) in [6, 6.07) is 12.2. The fourth-order valence-corrected chi connectivity index (χ4v) is 3.74. The summed E-state index contributed by atoms with van der Waals surface area (Å²) in [4.78, 5) is 24.2. The second kappa shape index (κ2) is 6.63. The Kier molecular flexibility index (Phi) is 4.55. The normalized spacial score (nSPS) is 10.6. The highest BCUT2D eigenvalue weighted by Gasteiger charge is 2.17. The van der Waals surface area contributed by atoms with Crippen molar-refractivity contribution in [2.24, 2.45) is 0 Å². The first-order valence-corrected chi connectivity index (χ1v) is 8.37. The van der Waals surface area contributed by atoms with Crippen LogP contribution in [0.3, 0.4) is 0 Å². The lowest BCUT2D eigenvalue weighted by molar-refractivity contribution is 0.101. The third-order valence-corrected chi connectivity index (χ3v) is 5.25. The molecule has 0 spiro atoms. The molecule has 0 aliphatic rings. The largest absolute Gasteiger partial charge is 0.497 e. The Hall–Kier alpha value is -2.37. The SMILES string of the molecule is COc1ccc2c(Cl)c(C(=O)Nc3ccc(C(C)=O)cc3)sc2c1. The summed E-state index contributed by atoms with van der Waals surface area (Å²) < 4.78 is 6.08. The minimum Gasteiger partial charge on any atom is -0.497 e. The highest BCUT2D eigenvalue weighted by atomic mass is 35.5. The molecule has 0 bridgehead atoms. The van der Waals surface area contributed by atoms with Crippen LogP contribution in [0.1, 0.15) is 27.0 Å². The molecular formula is C18H14ClNO3S. The monoisotopic (exact) mass is 359 g/mol. The molecule has 6 heteroatoms. The molecule has 0 saturated heterocycles. The molecule has 0 aliphatic carbocycles. The highest BCUT2D eigenvalue weighted by Crippen LogP contribution is 2.37. The van der Waals surface area contributed by atoms with Crippen LogP contribution in [0.4, 0.5) is 5.69 Å². The van der Waals surface area contributed by atoms with Crippen LogP contribution >= 0.6 is 22.9 Å². The van der Waals surface area contributed by atoms with Gasteiger partial charge in [0.25, 0.3) is 5.91 Å². The summed E-state index contributed by atoms with van der Waals surface area (Å²) in [5, 5.41) is 4.04. The first-order valence-electron chi connectivity index (χ1n) is 7.18. The second-order valence-corrected chi connectivity index (χ2v) is 6.63. The van der Waals surface area contributed by atoms with Gasteiger partial charge in [-0.1, -0.05) is 11.6 Å². The molecular weight excluding hydrogens is 346 g/mol. The number of halogens is 1. The summed E-state index contributed by atoms with van der Waals surface area (Å²) in [7, 11) is 1.59. The number of ether oxygens (including phenoxy) is 1. The van der Waals surface area contributed by atoms with E-state index in [1.165, 1.54) is 18.3 Å². The van der Waals surface area contributed by atoms with Crippen LogP contribution in [0, 0.1) is 0 Å². The molecule has 0 unspecified atom stereocenters. The van der Waals surface area contributed by atoms with E-state index in [0.29, 0.717) is 26.9 Å². The molecule has 1 amide bonds. The van der Waals surface area contributed by atoms with Gasteiger partial charge in [0.2, 0.25) is 0 Å². The molecule has 0 aliphatic heterocycles. The number of nitrogens with one attached hydrogen (secondary N) is 1. The summed E-state index contributed by atoms with van der Waals surface area (Å²) in [5.74, 6) is 0.414. The van der Waals surface area contributed by atoms with Crippen molar-refractivity contribution < 1.29 is 14.3 Å². The van der Waals surface area contributed by atoms with Gasteiger partial charge in [0.1, 0.15) is 10.6 Å². The number of hydrogen-bond donors (Lipinski definition) is 1. The molecule has 4 nitrogen and oxygen atoms in total. The number of carbonyl (C=O) groups is 2. The molecule has 0 radical (unpaired) electrons. The fourth-order valence-electron chi connectivity index (χ4n) is 2.29. The molecule has 0 saturated carbocycles. The van der Waals surface area contributed by atoms with Gasteiger partial charge >= 0.3 is 0 Å². The van der Waals surface area contributed by atoms with E-state index in [0.717, 1.165) is 10.1 Å². The van der Waals surface area contributed by atoms with Crippen LogP contribution in [0.5, 0.6) is 5.75 Å². The minimum atomic E-state index is -0.282. The van der Waals surface area contributed by atoms with E-state index in [2.05, 4.69) is 5.32 Å². The van der Waals surface area contributed by atoms with Crippen LogP contribution < -0.4 is 10.1 Å². The topological polar surface area (TPSA) is 55.4 Å². The van der Waals surface area contributed by atoms with Crippen molar-refractivity contribution in [1.29, 1.82) is 0 Å². The Morgan fingerprint density at radius 3 is 2.46 bits per heavy atom. The Balaban J connectivity index is 1.88. The number of rotatable bonds is 4. The lowest BCUT2D eigenvalue weighted by Crippen LogP contribution is -2.10. The Morgan fingerprint density at radius 1 is 1.12 bits per heavy atom. The maximum atomic E-state index is 12.5. The highest BCUT2D eigenvalue weighted by molar-refractivity contribution is 7.21. The molecule has 2 aromatic carbocycles. The summed E-state index contributed by atoms with van der Waals surface area (Å²) >= 11 is 7.66. The van der Waals surface area contributed by atoms with E-state index < -0.39 is 0 Å². The third-order valence-electron chi connectivity index (χ3n) is 3.59. The van der Waals surface area contributed by atoms with Gasteiger partial charge < -0.3 is 10.1 Å². The Morgan fingerprint density at radius 2 is 1.83 bits per heavy atom. The van der Waals surface area contributed by atoms with Gasteiger partial charge in [0.15, 0.2) is 5.78 Å². The number of methoxy groups -OCH3 is 1. The van der Waals surface area contributed by atoms with Crippen LogP contribution in [0.15, 0.2) is 42.5 Å². The fraction of sp³-hybridized carbons (Fsp3) is 0.111. The lowest BCUT2D eigenvalue weighted by atomic mass is 10.1. The molecule has 24 heavy (non-hydrogen) atoms. The van der Waals surface area contributed by atoms with Gasteiger partial charge in [-0.25, -0.2) is 0 Å². The Labute approximate surface area is 148 Å². The van der Waals surface area contributed by atoms with Gasteiger partial charge in [-0.05, 0) is 49.4 Å². The Bertz CT molecular complexity index is 931. The van der Waals surface area contributed by atoms with E-state index in [1.807, 2.05) is 18.2 Å². The van der Waals surface area contributed by atoms with Crippen LogP contribution in [-0.4, -0.2) is 18.8 Å². The molecule has 1 N–H and O–H groups in total. The summed E-state index contributed by atoms with van der Waals surface area (Å²) in [6.07, 6.45) is 0. The van der Waals surface area contributed by atoms with Crippen molar-refractivity contribution in [3.8, 4) is 5.75 Å². The number of anilines is 1. The maximum Gasteiger partial charge on any atom is 0.267 e. The number of Topliss-reactive ketones (excluding diaryl/α,β-unsaturated/α-hetero) is 1. The zero-order chi connectivity index (χ0) is 17.3. The molecule has 3 aromatic rings. The summed E-state index contributed by atoms with van der Waals surface area (Å²) in [5.41, 5.74) is 1.20. The lowest BCUT2D eigenvalue weighted by Gasteiger charge is -2.04. The molecule has 0 fully saturated rings. The first kappa shape index (κ1) is 16.5. The molecule has 0 atom stereocenters. The molecule has 1 aromatic heterocycles. The van der Waals surface area contributed by atoms with Crippen molar-refractivity contribution in [3.63, 3.8) is 0 Å². The molecule has 3 rings (SSSR count). The smallest absolute Gasteiger partial charge is 0.267 e. The molecule has 122 valence electrons. The van der Waals surface area contributed by atoms with Gasteiger partial charge in [0.05, 0.1) is 12.1 Å². The van der Waals surface area contributed by atoms with Crippen molar-refractivity contribution >= 4 is 50.4 Å². The zero-order valence-corrected chi connectivity index (χ0v) is 14.6. The third kappa shape index (κ3) is 3.13. The van der Waals surface area contributed by atoms with Crippen molar-refractivity contribution in [1.82, 2.24) is 0 Å². The minimum absolute atomic E-state index is 0.0191. The number of amides is 1. The average molecular weight is 360 g/mol. The number of ketones is 1. The first-order chi connectivity index (χ1) is 11.5. The van der Waals surface area contributed by atoms with Gasteiger partial charge in [-0.15, -0.1) is 11.3 Å². The van der Waals surface area contributed by atoms with E-state index in [4.69, 9.17) is 16.3 Å². The average Bonchev–Trinajstić information content (AvgIpc) is 2.91. The maximum absolute atomic E-state index is 12.5. The standard InChI is InChI=1S/C18H14ClNO3S/c1-10(21)11-3-5-12(6-4-11)20-18(22)17-16(19)14-8-7-13(23-2)9-15(14)24-17/h3-9H,1-2H3,(H,20,22). The van der Waals surface area contributed by atoms with E-state index >= 15 is 0 Å². The van der Waals surface area contributed by atoms with E-state index in [9.17, 15) is 9.59 Å². The summed E-state index contributed by atoms with van der Waals surface area (Å²) in [6.45, 7) is 1.50. The van der Waals surface area contributed by atoms with Gasteiger partial charge in [-0.2, -0.15) is 0 Å². The van der Waals surface area contributed by atoms with Gasteiger partial charge in [0, 0.05) is 21.3 Å². The van der Waals surface area contributed by atoms with Crippen LogP contribution in [0.2, 0.25) is 5.02 Å². The zero-order valence-electron chi connectivity index (χ0n) is 13.1. The predicted molar refractivity (Wildman–Crippen MR) is 97.8 cm³/mol. The number of benzene rings is 2. The van der Waals surface area contributed by atoms with Crippen LogP contribution in [0.25, 0.3) is 10.1 Å². The predicted octanol–water partition coefficient (Wildman–Crippen LogP) is 5.02. The number of fused-ring (bicyclic) bond motifs is 1. The molecule has 1 heterocycles. The quantitative estimate of drug-likeness (QED) is 0.665. The number of carbonyl (C=O) groups excluding carboxylic acids is 2. The van der Waals surface area contributed by atoms with Crippen LogP contribution in [-0.2, 0) is 0 Å². The van der Waals surface area contributed by atoms with Crippen molar-refractivity contribution in [2.45, 2.75) is 6.92 Å². The van der Waals surface area contributed by atoms with E-state index in [-0.39, 0.29) is 11.7 Å². The number of thiophene rings is 1. The van der Waals surface area contributed by atoms with Gasteiger partial charge in [-0.3, -0.25) is 9.59 Å². The van der Waals surface area contributed by atoms with E-state index in [1.54, 1.807) is 31.4 Å². The second-order valence-electron chi connectivity index (χ2n) is 5.19. The van der Waals surface area contributed by atoms with Crippen molar-refractivity contribution in [2.75, 3.05) is 12.4 Å².